The van der Waals surface area contributed by atoms with Gasteiger partial charge in [0.25, 0.3) is 5.91 Å². The third-order valence-electron chi connectivity index (χ3n) is 6.19. The number of nitrogens with two attached hydrogens (primary N) is 1. The Labute approximate surface area is 191 Å². The highest BCUT2D eigenvalue weighted by molar-refractivity contribution is 7.89. The summed E-state index contributed by atoms with van der Waals surface area (Å²) < 4.78 is 55.2. The molecule has 0 aliphatic carbocycles. The van der Waals surface area contributed by atoms with Gasteiger partial charge in [-0.25, -0.2) is 27.3 Å². The highest BCUT2D eigenvalue weighted by Gasteiger charge is 2.43. The lowest BCUT2D eigenvalue weighted by Crippen LogP contribution is -2.55. The Morgan fingerprint density at radius 3 is 2.36 bits per heavy atom. The van der Waals surface area contributed by atoms with E-state index in [0.717, 1.165) is 25.0 Å². The van der Waals surface area contributed by atoms with E-state index in [1.54, 1.807) is 19.9 Å². The van der Waals surface area contributed by atoms with Gasteiger partial charge in [-0.05, 0) is 63.8 Å². The van der Waals surface area contributed by atoms with Crippen molar-refractivity contribution < 1.29 is 26.7 Å². The highest BCUT2D eigenvalue weighted by Crippen LogP contribution is 2.39. The first kappa shape index (κ1) is 23.4. The molecule has 0 spiro atoms. The van der Waals surface area contributed by atoms with Gasteiger partial charge in [0, 0.05) is 30.4 Å². The minimum atomic E-state index is -3.80. The number of aromatic nitrogens is 1. The van der Waals surface area contributed by atoms with Crippen LogP contribution in [0.4, 0.5) is 14.6 Å². The van der Waals surface area contributed by atoms with E-state index in [1.807, 2.05) is 0 Å². The van der Waals surface area contributed by atoms with E-state index < -0.39 is 27.3 Å². The summed E-state index contributed by atoms with van der Waals surface area (Å²) in [6, 6.07) is 6.47. The molecule has 0 radical (unpaired) electrons. The summed E-state index contributed by atoms with van der Waals surface area (Å²) in [6.45, 7) is 3.15. The molecule has 1 aromatic heterocycles. The number of nitrogens with zero attached hydrogens (tertiary/aromatic N) is 2. The number of fused-ring (bicyclic) bond motifs is 2. The number of anilines is 1. The van der Waals surface area contributed by atoms with Crippen molar-refractivity contribution in [3.05, 3.63) is 48.2 Å². The molecule has 2 atom stereocenters. The van der Waals surface area contributed by atoms with Crippen molar-refractivity contribution in [1.29, 1.82) is 0 Å². The molecule has 0 saturated carbocycles. The van der Waals surface area contributed by atoms with E-state index in [1.165, 1.54) is 18.3 Å². The molecule has 2 aromatic rings. The number of primary sulfonamides is 1. The molecule has 11 heteroatoms. The molecule has 2 unspecified atom stereocenters. The van der Waals surface area contributed by atoms with Gasteiger partial charge in [0.15, 0.2) is 17.2 Å². The number of nitrogens with one attached hydrogen (secondary N) is 1. The number of rotatable bonds is 6. The maximum atomic E-state index is 13.5. The molecule has 1 aromatic carbocycles. The number of hydrogen-bond donors (Lipinski definition) is 2. The van der Waals surface area contributed by atoms with Crippen LogP contribution in [0, 0.1) is 11.6 Å². The quantitative estimate of drug-likeness (QED) is 0.657. The van der Waals surface area contributed by atoms with Crippen molar-refractivity contribution in [2.45, 2.75) is 68.2 Å². The molecule has 2 saturated heterocycles. The molecular formula is C22H26F2N4O4S. The lowest BCUT2D eigenvalue weighted by Gasteiger charge is -2.40. The van der Waals surface area contributed by atoms with Gasteiger partial charge in [0.05, 0.1) is 0 Å². The van der Waals surface area contributed by atoms with Gasteiger partial charge in [-0.3, -0.25) is 4.79 Å². The summed E-state index contributed by atoms with van der Waals surface area (Å²) in [6.07, 6.45) is 4.52. The van der Waals surface area contributed by atoms with Crippen molar-refractivity contribution in [3.63, 3.8) is 0 Å². The highest BCUT2D eigenvalue weighted by atomic mass is 32.2. The van der Waals surface area contributed by atoms with Gasteiger partial charge >= 0.3 is 0 Å². The first-order valence-electron chi connectivity index (χ1n) is 10.7. The average Bonchev–Trinajstić information content (AvgIpc) is 3.00. The monoisotopic (exact) mass is 480 g/mol. The predicted octanol–water partition coefficient (Wildman–Crippen LogP) is 2.48. The lowest BCUT2D eigenvalue weighted by atomic mass is 9.96. The first-order chi connectivity index (χ1) is 15.4. The normalized spacial score (nSPS) is 22.8. The van der Waals surface area contributed by atoms with E-state index >= 15 is 0 Å². The summed E-state index contributed by atoms with van der Waals surface area (Å²) in [7, 11) is -3.80. The lowest BCUT2D eigenvalue weighted by molar-refractivity contribution is -0.135. The van der Waals surface area contributed by atoms with Crippen molar-refractivity contribution in [3.8, 4) is 5.75 Å². The van der Waals surface area contributed by atoms with Crippen LogP contribution in [0.2, 0.25) is 0 Å². The zero-order valence-electron chi connectivity index (χ0n) is 18.3. The third kappa shape index (κ3) is 4.93. The minimum Gasteiger partial charge on any atom is -0.478 e. The fourth-order valence-corrected chi connectivity index (χ4v) is 5.06. The van der Waals surface area contributed by atoms with Crippen LogP contribution in [-0.4, -0.2) is 43.0 Å². The SMILES string of the molecule is CC(C)(Oc1ccc(F)c(F)c1)C(=O)NC1CC2CCC(C1)N2c1ccc(S(N)(=O)=O)cn1. The van der Waals surface area contributed by atoms with Crippen LogP contribution in [0.5, 0.6) is 5.75 Å². The Morgan fingerprint density at radius 2 is 1.82 bits per heavy atom. The first-order valence-corrected chi connectivity index (χ1v) is 12.2. The van der Waals surface area contributed by atoms with E-state index in [4.69, 9.17) is 9.88 Å². The van der Waals surface area contributed by atoms with Crippen molar-refractivity contribution in [2.75, 3.05) is 4.90 Å². The number of amides is 1. The topological polar surface area (TPSA) is 115 Å². The van der Waals surface area contributed by atoms with Crippen LogP contribution in [-0.2, 0) is 14.8 Å². The number of sulfonamides is 1. The molecule has 33 heavy (non-hydrogen) atoms. The number of pyridine rings is 1. The average molecular weight is 481 g/mol. The van der Waals surface area contributed by atoms with Crippen LogP contribution in [0.15, 0.2) is 41.4 Å². The van der Waals surface area contributed by atoms with E-state index in [-0.39, 0.29) is 34.7 Å². The van der Waals surface area contributed by atoms with Crippen molar-refractivity contribution in [2.24, 2.45) is 5.14 Å². The Morgan fingerprint density at radius 1 is 1.15 bits per heavy atom. The molecule has 2 bridgehead atoms. The Balaban J connectivity index is 1.40. The second-order valence-corrected chi connectivity index (χ2v) is 10.6. The molecule has 178 valence electrons. The Hall–Kier alpha value is -2.79. The zero-order valence-corrected chi connectivity index (χ0v) is 19.1. The number of piperidine rings is 1. The maximum Gasteiger partial charge on any atom is 0.263 e. The molecule has 3 N–H and O–H groups in total. The number of hydrogen-bond acceptors (Lipinski definition) is 6. The summed E-state index contributed by atoms with van der Waals surface area (Å²) >= 11 is 0. The van der Waals surface area contributed by atoms with E-state index in [2.05, 4.69) is 15.2 Å². The van der Waals surface area contributed by atoms with Gasteiger partial charge in [0.2, 0.25) is 10.0 Å². The smallest absolute Gasteiger partial charge is 0.263 e. The largest absolute Gasteiger partial charge is 0.478 e. The fourth-order valence-electron chi connectivity index (χ4n) is 4.60. The minimum absolute atomic E-state index is 0.0380. The van der Waals surface area contributed by atoms with Crippen LogP contribution in [0.25, 0.3) is 0 Å². The summed E-state index contributed by atoms with van der Waals surface area (Å²) in [5.74, 6) is -1.63. The predicted molar refractivity (Wildman–Crippen MR) is 117 cm³/mol. The Kier molecular flexibility index (Phi) is 6.04. The second-order valence-electron chi connectivity index (χ2n) is 9.02. The summed E-state index contributed by atoms with van der Waals surface area (Å²) in [4.78, 5) is 19.3. The molecule has 3 heterocycles. The number of carbonyl (C=O) groups excluding carboxylic acids is 1. The molecule has 2 aliphatic rings. The maximum absolute atomic E-state index is 13.5. The van der Waals surface area contributed by atoms with Gasteiger partial charge in [0.1, 0.15) is 16.5 Å². The number of ether oxygens (including phenoxy) is 1. The molecule has 8 nitrogen and oxygen atoms in total. The van der Waals surface area contributed by atoms with E-state index in [0.29, 0.717) is 18.7 Å². The molecular weight excluding hydrogens is 454 g/mol. The van der Waals surface area contributed by atoms with Crippen molar-refractivity contribution in [1.82, 2.24) is 10.3 Å². The second kappa shape index (κ2) is 8.53. The summed E-state index contributed by atoms with van der Waals surface area (Å²) in [5, 5.41) is 8.18. The number of carbonyl (C=O) groups is 1. The van der Waals surface area contributed by atoms with Crippen LogP contribution >= 0.6 is 0 Å². The van der Waals surface area contributed by atoms with Crippen LogP contribution in [0.1, 0.15) is 39.5 Å². The molecule has 2 fully saturated rings. The van der Waals surface area contributed by atoms with Crippen molar-refractivity contribution >= 4 is 21.7 Å². The summed E-state index contributed by atoms with van der Waals surface area (Å²) in [5.41, 5.74) is -1.29. The zero-order chi connectivity index (χ0) is 24.0. The molecule has 4 rings (SSSR count). The van der Waals surface area contributed by atoms with Gasteiger partial charge < -0.3 is 15.0 Å². The molecule has 2 aliphatic heterocycles. The number of halogens is 2. The van der Waals surface area contributed by atoms with Gasteiger partial charge in [-0.1, -0.05) is 0 Å². The van der Waals surface area contributed by atoms with Crippen LogP contribution in [0.3, 0.4) is 0 Å². The van der Waals surface area contributed by atoms with Gasteiger partial charge in [-0.15, -0.1) is 0 Å². The Bertz CT molecular complexity index is 1140. The fraction of sp³-hybridized carbons (Fsp3) is 0.455. The number of benzene rings is 1. The van der Waals surface area contributed by atoms with Gasteiger partial charge in [-0.2, -0.15) is 0 Å². The van der Waals surface area contributed by atoms with Crippen LogP contribution < -0.4 is 20.1 Å². The standard InChI is InChI=1S/C22H26F2N4O4S/c1-22(2,32-16-5-7-18(23)19(24)11-16)21(29)27-13-9-14-3-4-15(10-13)28(14)20-8-6-17(12-26-20)33(25,30)31/h5-8,11-15H,3-4,9-10H2,1-2H3,(H,27,29)(H2,25,30,31). The molecule has 1 amide bonds. The third-order valence-corrected chi connectivity index (χ3v) is 7.09. The van der Waals surface area contributed by atoms with E-state index in [9.17, 15) is 22.0 Å².